The molecule has 0 saturated carbocycles. The highest BCUT2D eigenvalue weighted by molar-refractivity contribution is 7.13. The predicted octanol–water partition coefficient (Wildman–Crippen LogP) is 5.03. The summed E-state index contributed by atoms with van der Waals surface area (Å²) in [7, 11) is 3.06. The molecule has 10 nitrogen and oxygen atoms in total. The summed E-state index contributed by atoms with van der Waals surface area (Å²) < 4.78 is 5.40. The minimum absolute atomic E-state index is 0.0444. The molecule has 1 saturated heterocycles. The first-order valence-corrected chi connectivity index (χ1v) is 14.6. The van der Waals surface area contributed by atoms with E-state index in [1.807, 2.05) is 4.90 Å². The number of aliphatic hydroxyl groups is 1. The molecule has 0 unspecified atom stereocenters. The number of piperidine rings is 1. The second kappa shape index (κ2) is 13.8. The third kappa shape index (κ3) is 7.88. The average molecular weight is 641 g/mol. The van der Waals surface area contributed by atoms with E-state index in [-0.39, 0.29) is 62.8 Å². The van der Waals surface area contributed by atoms with Crippen LogP contribution in [0.4, 0.5) is 11.5 Å². The van der Waals surface area contributed by atoms with Gasteiger partial charge in [0.05, 0.1) is 41.1 Å². The van der Waals surface area contributed by atoms with E-state index in [0.29, 0.717) is 36.5 Å². The van der Waals surface area contributed by atoms with E-state index in [9.17, 15) is 19.5 Å². The van der Waals surface area contributed by atoms with Gasteiger partial charge in [-0.15, -0.1) is 11.3 Å². The molecule has 0 spiro atoms. The molecule has 1 aromatic carbocycles. The molecule has 0 radical (unpaired) electrons. The SMILES string of the molecule is COc1cc(Cl)cc(C(=O)Nc2ccc(Cl)cn2)c1NC(=O)c1scc(CN(C)C(=O)CN2CCC(O)CC2)c1Cl. The molecular weight excluding hydrogens is 613 g/mol. The number of hydrogen-bond acceptors (Lipinski definition) is 8. The second-order valence-corrected chi connectivity index (χ2v) is 11.6. The zero-order chi connectivity index (χ0) is 29.7. The molecule has 2 aromatic heterocycles. The number of rotatable bonds is 9. The number of thiophene rings is 1. The summed E-state index contributed by atoms with van der Waals surface area (Å²) in [6.45, 7) is 1.78. The molecular formula is C27H28Cl3N5O5S. The zero-order valence-corrected chi connectivity index (χ0v) is 25.3. The van der Waals surface area contributed by atoms with Crippen LogP contribution in [0.1, 0.15) is 38.4 Å². The van der Waals surface area contributed by atoms with Gasteiger partial charge in [0.2, 0.25) is 5.91 Å². The first-order chi connectivity index (χ1) is 19.5. The molecule has 0 aliphatic carbocycles. The maximum absolute atomic E-state index is 13.3. The normalized spacial score (nSPS) is 14.0. The van der Waals surface area contributed by atoms with Crippen molar-refractivity contribution in [1.29, 1.82) is 0 Å². The van der Waals surface area contributed by atoms with Crippen molar-refractivity contribution < 1.29 is 24.2 Å². The third-order valence-electron chi connectivity index (χ3n) is 6.49. The Morgan fingerprint density at radius 3 is 2.51 bits per heavy atom. The number of methoxy groups -OCH3 is 1. The van der Waals surface area contributed by atoms with Crippen molar-refractivity contribution in [3.8, 4) is 5.75 Å². The van der Waals surface area contributed by atoms with E-state index in [2.05, 4.69) is 15.6 Å². The largest absolute Gasteiger partial charge is 0.494 e. The zero-order valence-electron chi connectivity index (χ0n) is 22.2. The van der Waals surface area contributed by atoms with E-state index < -0.39 is 11.8 Å². The topological polar surface area (TPSA) is 124 Å². The predicted molar refractivity (Wildman–Crippen MR) is 161 cm³/mol. The second-order valence-electron chi connectivity index (χ2n) is 9.46. The fraction of sp³-hybridized carbons (Fsp3) is 0.333. The van der Waals surface area contributed by atoms with Crippen molar-refractivity contribution >= 4 is 75.4 Å². The molecule has 3 aromatic rings. The Morgan fingerprint density at radius 1 is 1.12 bits per heavy atom. The summed E-state index contributed by atoms with van der Waals surface area (Å²) in [5.74, 6) is -0.823. The van der Waals surface area contributed by atoms with Gasteiger partial charge in [-0.1, -0.05) is 34.8 Å². The van der Waals surface area contributed by atoms with Gasteiger partial charge in [-0.25, -0.2) is 4.98 Å². The van der Waals surface area contributed by atoms with Gasteiger partial charge in [0.1, 0.15) is 16.4 Å². The third-order valence-corrected chi connectivity index (χ3v) is 8.51. The Kier molecular flexibility index (Phi) is 10.5. The standard InChI is InChI=1S/C27H28Cl3N5O5S/c1-34(22(37)13-35-7-5-18(36)6-8-35)12-15-14-41-25(23(15)30)27(39)33-24-19(9-17(29)10-20(24)40-2)26(38)32-21-4-3-16(28)11-31-21/h3-4,9-11,14,18,36H,5-8,12-13H2,1-2H3,(H,33,39)(H,31,32,38). The monoisotopic (exact) mass is 639 g/mol. The fourth-order valence-corrected chi connectivity index (χ4v) is 5.79. The number of benzene rings is 1. The van der Waals surface area contributed by atoms with Crippen LogP contribution in [-0.2, 0) is 11.3 Å². The van der Waals surface area contributed by atoms with E-state index in [1.165, 1.54) is 31.5 Å². The molecule has 1 aliphatic rings. The van der Waals surface area contributed by atoms with Gasteiger partial charge in [0.25, 0.3) is 11.8 Å². The van der Waals surface area contributed by atoms with Crippen LogP contribution in [0, 0.1) is 0 Å². The number of nitrogens with zero attached hydrogens (tertiary/aromatic N) is 3. The summed E-state index contributed by atoms with van der Waals surface area (Å²) in [5, 5.41) is 17.6. The van der Waals surface area contributed by atoms with E-state index in [0.717, 1.165) is 11.3 Å². The fourth-order valence-electron chi connectivity index (χ4n) is 4.23. The van der Waals surface area contributed by atoms with Crippen LogP contribution in [0.25, 0.3) is 0 Å². The van der Waals surface area contributed by atoms with Gasteiger partial charge in [-0.05, 0) is 36.4 Å². The van der Waals surface area contributed by atoms with Crippen LogP contribution >= 0.6 is 46.1 Å². The molecule has 3 heterocycles. The minimum atomic E-state index is -0.586. The van der Waals surface area contributed by atoms with E-state index in [4.69, 9.17) is 39.5 Å². The van der Waals surface area contributed by atoms with Crippen LogP contribution in [-0.4, -0.2) is 77.5 Å². The smallest absolute Gasteiger partial charge is 0.267 e. The number of pyridine rings is 1. The Labute approximate surface area is 256 Å². The molecule has 3 N–H and O–H groups in total. The van der Waals surface area contributed by atoms with Gasteiger partial charge in [-0.2, -0.15) is 0 Å². The maximum Gasteiger partial charge on any atom is 0.267 e. The molecule has 14 heteroatoms. The number of likely N-dealkylation sites (tertiary alicyclic amines) is 1. The lowest BCUT2D eigenvalue weighted by atomic mass is 10.1. The number of aromatic nitrogens is 1. The molecule has 1 fully saturated rings. The summed E-state index contributed by atoms with van der Waals surface area (Å²) in [5.41, 5.74) is 0.753. The first-order valence-electron chi connectivity index (χ1n) is 12.6. The van der Waals surface area contributed by atoms with Crippen molar-refractivity contribution in [1.82, 2.24) is 14.8 Å². The summed E-state index contributed by atoms with van der Waals surface area (Å²) in [6, 6.07) is 5.98. The molecule has 1 aliphatic heterocycles. The van der Waals surface area contributed by atoms with Crippen molar-refractivity contribution in [2.45, 2.75) is 25.5 Å². The van der Waals surface area contributed by atoms with Crippen LogP contribution in [0.15, 0.2) is 35.8 Å². The lowest BCUT2D eigenvalue weighted by Crippen LogP contribution is -2.43. The number of hydrogen-bond donors (Lipinski definition) is 3. The van der Waals surface area contributed by atoms with Crippen LogP contribution in [0.3, 0.4) is 0 Å². The number of amides is 3. The van der Waals surface area contributed by atoms with E-state index >= 15 is 0 Å². The highest BCUT2D eigenvalue weighted by Crippen LogP contribution is 2.35. The molecule has 4 rings (SSSR count). The summed E-state index contributed by atoms with van der Waals surface area (Å²) in [6.07, 6.45) is 2.36. The van der Waals surface area contributed by atoms with Gasteiger partial charge >= 0.3 is 0 Å². The molecule has 41 heavy (non-hydrogen) atoms. The highest BCUT2D eigenvalue weighted by atomic mass is 35.5. The van der Waals surface area contributed by atoms with Crippen molar-refractivity contribution in [3.63, 3.8) is 0 Å². The molecule has 0 bridgehead atoms. The number of halogens is 3. The molecule has 0 atom stereocenters. The van der Waals surface area contributed by atoms with Gasteiger partial charge in [0, 0.05) is 49.5 Å². The Hall–Kier alpha value is -2.93. The highest BCUT2D eigenvalue weighted by Gasteiger charge is 2.25. The van der Waals surface area contributed by atoms with Crippen molar-refractivity contribution in [2.75, 3.05) is 44.4 Å². The number of anilines is 2. The van der Waals surface area contributed by atoms with Gasteiger partial charge < -0.3 is 25.4 Å². The Morgan fingerprint density at radius 2 is 1.85 bits per heavy atom. The van der Waals surface area contributed by atoms with E-state index in [1.54, 1.807) is 23.4 Å². The van der Waals surface area contributed by atoms with Crippen LogP contribution in [0.5, 0.6) is 5.75 Å². The maximum atomic E-state index is 13.3. The first kappa shape index (κ1) is 31.0. The van der Waals surface area contributed by atoms with Gasteiger partial charge in [0.15, 0.2) is 0 Å². The number of carbonyl (C=O) groups excluding carboxylic acids is 3. The average Bonchev–Trinajstić information content (AvgIpc) is 3.31. The minimum Gasteiger partial charge on any atom is -0.494 e. The lowest BCUT2D eigenvalue weighted by Gasteiger charge is -2.30. The Bertz CT molecular complexity index is 1430. The number of aliphatic hydroxyl groups excluding tert-OH is 1. The lowest BCUT2D eigenvalue weighted by molar-refractivity contribution is -0.132. The number of nitrogens with one attached hydrogen (secondary N) is 2. The number of ether oxygens (including phenoxy) is 1. The number of carbonyl (C=O) groups is 3. The number of likely N-dealkylation sites (N-methyl/N-ethyl adjacent to an activating group) is 1. The quantitative estimate of drug-likeness (QED) is 0.300. The van der Waals surface area contributed by atoms with Crippen LogP contribution in [0.2, 0.25) is 15.1 Å². The van der Waals surface area contributed by atoms with Crippen molar-refractivity contribution in [3.05, 3.63) is 66.9 Å². The van der Waals surface area contributed by atoms with Gasteiger partial charge in [-0.3, -0.25) is 19.3 Å². The Balaban J connectivity index is 1.48. The summed E-state index contributed by atoms with van der Waals surface area (Å²) in [4.78, 5) is 47.1. The summed E-state index contributed by atoms with van der Waals surface area (Å²) >= 11 is 19.8. The molecule has 3 amide bonds. The molecule has 218 valence electrons. The van der Waals surface area contributed by atoms with Crippen LogP contribution < -0.4 is 15.4 Å². The van der Waals surface area contributed by atoms with Crippen molar-refractivity contribution in [2.24, 2.45) is 0 Å².